The van der Waals surface area contributed by atoms with Gasteiger partial charge in [-0.05, 0) is 54.8 Å². The van der Waals surface area contributed by atoms with Gasteiger partial charge in [0, 0.05) is 41.8 Å². The van der Waals surface area contributed by atoms with Gasteiger partial charge >= 0.3 is 6.36 Å². The van der Waals surface area contributed by atoms with Crippen LogP contribution in [0.15, 0.2) is 42.7 Å². The zero-order valence-electron chi connectivity index (χ0n) is 16.9. The van der Waals surface area contributed by atoms with Crippen LogP contribution in [0, 0.1) is 17.4 Å². The summed E-state index contributed by atoms with van der Waals surface area (Å²) in [6.45, 7) is 5.72. The van der Waals surface area contributed by atoms with Crippen molar-refractivity contribution in [2.24, 2.45) is 0 Å². The number of nitrogens with one attached hydrogen (secondary N) is 3. The highest BCUT2D eigenvalue weighted by molar-refractivity contribution is 6.06. The summed E-state index contributed by atoms with van der Waals surface area (Å²) in [6.07, 6.45) is -0.144. The van der Waals surface area contributed by atoms with E-state index in [1.54, 1.807) is 12.4 Å². The molecule has 0 aliphatic heterocycles. The van der Waals surface area contributed by atoms with E-state index in [-0.39, 0.29) is 5.75 Å². The van der Waals surface area contributed by atoms with Crippen molar-refractivity contribution in [3.63, 3.8) is 0 Å². The van der Waals surface area contributed by atoms with Gasteiger partial charge in [-0.2, -0.15) is 0 Å². The van der Waals surface area contributed by atoms with Gasteiger partial charge in [-0.25, -0.2) is 4.98 Å². The lowest BCUT2D eigenvalue weighted by Crippen LogP contribution is -2.17. The Balaban J connectivity index is 2.35. The number of rotatable bonds is 7. The molecule has 30 heavy (non-hydrogen) atoms. The summed E-state index contributed by atoms with van der Waals surface area (Å²) >= 11 is 0. The van der Waals surface area contributed by atoms with Crippen molar-refractivity contribution in [1.82, 2.24) is 10.3 Å². The van der Waals surface area contributed by atoms with Crippen molar-refractivity contribution in [3.8, 4) is 17.7 Å². The van der Waals surface area contributed by atoms with Gasteiger partial charge in [-0.15, -0.1) is 13.2 Å². The molecule has 0 aliphatic rings. The van der Waals surface area contributed by atoms with Crippen LogP contribution in [0.3, 0.4) is 0 Å². The van der Waals surface area contributed by atoms with Crippen LogP contribution in [0.1, 0.15) is 44.7 Å². The number of aromatic nitrogens is 1. The molecule has 0 radical (unpaired) electrons. The van der Waals surface area contributed by atoms with Crippen LogP contribution >= 0.6 is 0 Å². The Morgan fingerprint density at radius 1 is 1.20 bits per heavy atom. The predicted octanol–water partition coefficient (Wildman–Crippen LogP) is 5.82. The van der Waals surface area contributed by atoms with Crippen LogP contribution < -0.4 is 15.4 Å². The van der Waals surface area contributed by atoms with Crippen LogP contribution in [0.25, 0.3) is 5.57 Å². The molecule has 158 valence electrons. The molecular formula is C22H23F3N4O. The van der Waals surface area contributed by atoms with E-state index in [2.05, 4.69) is 32.3 Å². The second-order valence-electron chi connectivity index (χ2n) is 6.24. The lowest BCUT2D eigenvalue weighted by Gasteiger charge is -2.16. The zero-order valence-corrected chi connectivity index (χ0v) is 16.9. The van der Waals surface area contributed by atoms with E-state index in [1.165, 1.54) is 24.3 Å². The highest BCUT2D eigenvalue weighted by atomic mass is 19.4. The maximum atomic E-state index is 12.3. The highest BCUT2D eigenvalue weighted by Crippen LogP contribution is 2.29. The molecule has 8 heteroatoms. The molecule has 3 N–H and O–H groups in total. The van der Waals surface area contributed by atoms with Crippen molar-refractivity contribution < 1.29 is 17.9 Å². The van der Waals surface area contributed by atoms with Crippen LogP contribution in [0.5, 0.6) is 5.75 Å². The first-order chi connectivity index (χ1) is 14.2. The zero-order chi connectivity index (χ0) is 22.1. The average Bonchev–Trinajstić information content (AvgIpc) is 2.70. The van der Waals surface area contributed by atoms with E-state index < -0.39 is 6.36 Å². The molecule has 0 amide bonds. The molecular weight excluding hydrogens is 393 g/mol. The summed E-state index contributed by atoms with van der Waals surface area (Å²) in [7, 11) is 0. The number of ether oxygens (including phenoxy) is 1. The third-order valence-corrected chi connectivity index (χ3v) is 4.01. The fourth-order valence-electron chi connectivity index (χ4n) is 2.61. The molecule has 1 heterocycles. The summed E-state index contributed by atoms with van der Waals surface area (Å²) in [5.41, 5.74) is 3.20. The van der Waals surface area contributed by atoms with Crippen LogP contribution in [0.4, 0.5) is 24.7 Å². The van der Waals surface area contributed by atoms with E-state index in [4.69, 9.17) is 5.41 Å². The molecule has 0 fully saturated rings. The molecule has 1 aromatic carbocycles. The van der Waals surface area contributed by atoms with Gasteiger partial charge in [0.05, 0.1) is 0 Å². The van der Waals surface area contributed by atoms with E-state index >= 15 is 0 Å². The summed E-state index contributed by atoms with van der Waals surface area (Å²) in [5.74, 6) is 3.04. The maximum Gasteiger partial charge on any atom is 0.573 e. The molecule has 5 nitrogen and oxygen atoms in total. The largest absolute Gasteiger partial charge is 0.573 e. The molecule has 2 rings (SSSR count). The number of halogens is 3. The topological polar surface area (TPSA) is 70.0 Å². The monoisotopic (exact) mass is 416 g/mol. The number of anilines is 2. The van der Waals surface area contributed by atoms with Crippen molar-refractivity contribution in [3.05, 3.63) is 53.9 Å². The minimum Gasteiger partial charge on any atom is -0.406 e. The molecule has 1 aromatic heterocycles. The van der Waals surface area contributed by atoms with Crippen molar-refractivity contribution in [1.29, 1.82) is 5.41 Å². The normalized spacial score (nSPS) is 11.3. The quantitative estimate of drug-likeness (QED) is 0.302. The first-order valence-corrected chi connectivity index (χ1v) is 9.35. The predicted molar refractivity (Wildman–Crippen MR) is 113 cm³/mol. The average molecular weight is 416 g/mol. The Morgan fingerprint density at radius 2 is 1.90 bits per heavy atom. The minimum absolute atomic E-state index is 0.311. The number of alkyl halides is 3. The third kappa shape index (κ3) is 6.55. The minimum atomic E-state index is -4.74. The molecule has 0 saturated heterocycles. The lowest BCUT2D eigenvalue weighted by molar-refractivity contribution is -0.274. The Hall–Kier alpha value is -3.47. The van der Waals surface area contributed by atoms with Crippen LogP contribution in [-0.4, -0.2) is 17.1 Å². The Labute approximate surface area is 173 Å². The second kappa shape index (κ2) is 10.3. The molecule has 0 bridgehead atoms. The number of pyridine rings is 1. The first kappa shape index (κ1) is 22.8. The molecule has 0 saturated carbocycles. The summed E-state index contributed by atoms with van der Waals surface area (Å²) in [4.78, 5) is 4.34. The Bertz CT molecular complexity index is 971. The second-order valence-corrected chi connectivity index (χ2v) is 6.24. The SMILES string of the molecule is CCC#CN/C=C(\C)c1ccnc(Nc2ccc(OC(F)(F)F)cc2)c1C(=N)CC. The molecule has 0 spiro atoms. The van der Waals surface area contributed by atoms with Gasteiger partial charge in [0.15, 0.2) is 0 Å². The van der Waals surface area contributed by atoms with Gasteiger partial charge in [-0.3, -0.25) is 0 Å². The van der Waals surface area contributed by atoms with Crippen molar-refractivity contribution in [2.45, 2.75) is 40.0 Å². The van der Waals surface area contributed by atoms with Gasteiger partial charge in [0.1, 0.15) is 11.6 Å². The number of hydrogen-bond donors (Lipinski definition) is 3. The smallest absolute Gasteiger partial charge is 0.406 e. The van der Waals surface area contributed by atoms with Gasteiger partial charge in [0.2, 0.25) is 0 Å². The van der Waals surface area contributed by atoms with Gasteiger partial charge in [0.25, 0.3) is 0 Å². The van der Waals surface area contributed by atoms with Crippen molar-refractivity contribution >= 4 is 22.8 Å². The molecule has 0 unspecified atom stereocenters. The fraction of sp³-hybridized carbons (Fsp3) is 0.273. The molecule has 0 aliphatic carbocycles. The van der Waals surface area contributed by atoms with E-state index in [0.29, 0.717) is 29.2 Å². The standard InChI is InChI=1S/C22H23F3N4O/c1-4-6-12-27-14-15(3)18-11-13-28-21(20(18)19(26)5-2)29-16-7-9-17(10-8-16)30-22(23,24)25/h7-11,13-14,26-27H,4-5H2,1-3H3,(H,28,29)/b15-14+,26-19?. The maximum absolute atomic E-state index is 12.3. The first-order valence-electron chi connectivity index (χ1n) is 9.35. The van der Waals surface area contributed by atoms with Gasteiger partial charge < -0.3 is 20.8 Å². The molecule has 2 aromatic rings. The van der Waals surface area contributed by atoms with Crippen LogP contribution in [-0.2, 0) is 0 Å². The number of benzene rings is 1. The van der Waals surface area contributed by atoms with Crippen molar-refractivity contribution in [2.75, 3.05) is 5.32 Å². The highest BCUT2D eigenvalue weighted by Gasteiger charge is 2.31. The number of hydrogen-bond acceptors (Lipinski definition) is 5. The van der Waals surface area contributed by atoms with E-state index in [1.807, 2.05) is 26.8 Å². The van der Waals surface area contributed by atoms with E-state index in [9.17, 15) is 13.2 Å². The Morgan fingerprint density at radius 3 is 2.50 bits per heavy atom. The summed E-state index contributed by atoms with van der Waals surface area (Å²) in [5, 5.41) is 14.4. The fourth-order valence-corrected chi connectivity index (χ4v) is 2.61. The number of nitrogens with zero attached hydrogens (tertiary/aromatic N) is 1. The summed E-state index contributed by atoms with van der Waals surface area (Å²) in [6, 6.07) is 9.98. The third-order valence-electron chi connectivity index (χ3n) is 4.01. The Kier molecular flexibility index (Phi) is 7.87. The van der Waals surface area contributed by atoms with Gasteiger partial charge in [-0.1, -0.05) is 19.8 Å². The lowest BCUT2D eigenvalue weighted by atomic mass is 9.97. The molecule has 0 atom stereocenters. The van der Waals surface area contributed by atoms with Crippen LogP contribution in [0.2, 0.25) is 0 Å². The summed E-state index contributed by atoms with van der Waals surface area (Å²) < 4.78 is 40.9. The van der Waals surface area contributed by atoms with E-state index in [0.717, 1.165) is 17.6 Å². The number of allylic oxidation sites excluding steroid dienone is 1.